The highest BCUT2D eigenvalue weighted by molar-refractivity contribution is 7.10. The SMILES string of the molecule is Cc1noc(-c2ccc(NC(=O)C3(c4cccs4)CCCC3)cc2)n1. The minimum absolute atomic E-state index is 0.0915. The lowest BCUT2D eigenvalue weighted by atomic mass is 9.83. The molecule has 3 aromatic rings. The highest BCUT2D eigenvalue weighted by Crippen LogP contribution is 2.44. The molecule has 1 aliphatic rings. The van der Waals surface area contributed by atoms with Crippen LogP contribution in [0.25, 0.3) is 11.5 Å². The third-order valence-electron chi connectivity index (χ3n) is 4.80. The van der Waals surface area contributed by atoms with Gasteiger partial charge in [0.05, 0.1) is 5.41 Å². The zero-order valence-corrected chi connectivity index (χ0v) is 14.8. The number of nitrogens with one attached hydrogen (secondary N) is 1. The van der Waals surface area contributed by atoms with Gasteiger partial charge in [-0.15, -0.1) is 11.3 Å². The molecule has 0 bridgehead atoms. The number of hydrogen-bond donors (Lipinski definition) is 1. The van der Waals surface area contributed by atoms with Crippen molar-refractivity contribution in [2.75, 3.05) is 5.32 Å². The fourth-order valence-corrected chi connectivity index (χ4v) is 4.46. The van der Waals surface area contributed by atoms with Gasteiger partial charge in [-0.1, -0.05) is 24.1 Å². The minimum atomic E-state index is -0.379. The van der Waals surface area contributed by atoms with E-state index in [1.54, 1.807) is 18.3 Å². The van der Waals surface area contributed by atoms with Crippen molar-refractivity contribution in [2.24, 2.45) is 0 Å². The van der Waals surface area contributed by atoms with Crippen molar-refractivity contribution < 1.29 is 9.32 Å². The fourth-order valence-electron chi connectivity index (χ4n) is 3.48. The molecule has 0 atom stereocenters. The van der Waals surface area contributed by atoms with E-state index in [-0.39, 0.29) is 11.3 Å². The van der Waals surface area contributed by atoms with Crippen molar-refractivity contribution >= 4 is 22.9 Å². The van der Waals surface area contributed by atoms with Crippen LogP contribution in [0.15, 0.2) is 46.3 Å². The number of amides is 1. The van der Waals surface area contributed by atoms with Crippen molar-refractivity contribution in [1.29, 1.82) is 0 Å². The van der Waals surface area contributed by atoms with E-state index < -0.39 is 0 Å². The third-order valence-corrected chi connectivity index (χ3v) is 5.88. The molecule has 1 aliphatic carbocycles. The van der Waals surface area contributed by atoms with Crippen LogP contribution in [0.5, 0.6) is 0 Å². The summed E-state index contributed by atoms with van der Waals surface area (Å²) in [6.45, 7) is 1.78. The van der Waals surface area contributed by atoms with Gasteiger partial charge in [0.1, 0.15) is 0 Å². The maximum Gasteiger partial charge on any atom is 0.257 e. The lowest BCUT2D eigenvalue weighted by molar-refractivity contribution is -0.121. The first-order valence-electron chi connectivity index (χ1n) is 8.44. The van der Waals surface area contributed by atoms with E-state index in [0.29, 0.717) is 11.7 Å². The van der Waals surface area contributed by atoms with Gasteiger partial charge in [-0.05, 0) is 55.5 Å². The van der Waals surface area contributed by atoms with Crippen LogP contribution in [0.1, 0.15) is 36.4 Å². The Morgan fingerprint density at radius 1 is 1.20 bits per heavy atom. The summed E-state index contributed by atoms with van der Waals surface area (Å²) in [6, 6.07) is 11.6. The summed E-state index contributed by atoms with van der Waals surface area (Å²) >= 11 is 1.67. The van der Waals surface area contributed by atoms with Crippen molar-refractivity contribution in [1.82, 2.24) is 10.1 Å². The number of thiophene rings is 1. The van der Waals surface area contributed by atoms with E-state index in [1.807, 2.05) is 35.7 Å². The number of aryl methyl sites for hydroxylation is 1. The Labute approximate surface area is 150 Å². The van der Waals surface area contributed by atoms with E-state index in [9.17, 15) is 4.79 Å². The molecule has 1 saturated carbocycles. The molecule has 4 rings (SSSR count). The topological polar surface area (TPSA) is 68.0 Å². The van der Waals surface area contributed by atoms with Crippen LogP contribution in [-0.4, -0.2) is 16.0 Å². The second-order valence-corrected chi connectivity index (χ2v) is 7.39. The summed E-state index contributed by atoms with van der Waals surface area (Å²) in [4.78, 5) is 18.4. The zero-order chi connectivity index (χ0) is 17.3. The Hall–Kier alpha value is -2.47. The van der Waals surface area contributed by atoms with Gasteiger partial charge >= 0.3 is 0 Å². The van der Waals surface area contributed by atoms with Crippen LogP contribution >= 0.6 is 11.3 Å². The maximum absolute atomic E-state index is 13.0. The second kappa shape index (κ2) is 6.44. The summed E-state index contributed by atoms with van der Waals surface area (Å²) in [5.74, 6) is 1.18. The minimum Gasteiger partial charge on any atom is -0.334 e. The molecule has 0 aliphatic heterocycles. The van der Waals surface area contributed by atoms with E-state index in [2.05, 4.69) is 21.5 Å². The standard InChI is InChI=1S/C19H19N3O2S/c1-13-20-17(24-22-13)14-6-8-15(9-7-14)21-18(23)19(10-2-3-11-19)16-5-4-12-25-16/h4-9,12H,2-3,10-11H2,1H3,(H,21,23). The Kier molecular flexibility index (Phi) is 4.13. The van der Waals surface area contributed by atoms with E-state index in [0.717, 1.165) is 36.9 Å². The number of benzene rings is 1. The van der Waals surface area contributed by atoms with Crippen LogP contribution in [0.2, 0.25) is 0 Å². The molecule has 1 amide bonds. The molecular weight excluding hydrogens is 334 g/mol. The number of hydrogen-bond acceptors (Lipinski definition) is 5. The summed E-state index contributed by atoms with van der Waals surface area (Å²) in [7, 11) is 0. The van der Waals surface area contributed by atoms with E-state index in [4.69, 9.17) is 4.52 Å². The molecule has 25 heavy (non-hydrogen) atoms. The number of carbonyl (C=O) groups excluding carboxylic acids is 1. The monoisotopic (exact) mass is 353 g/mol. The third kappa shape index (κ3) is 2.98. The number of rotatable bonds is 4. The molecule has 6 heteroatoms. The van der Waals surface area contributed by atoms with Gasteiger partial charge in [0, 0.05) is 16.1 Å². The van der Waals surface area contributed by atoms with Crippen molar-refractivity contribution in [3.05, 3.63) is 52.5 Å². The summed E-state index contributed by atoms with van der Waals surface area (Å²) in [5, 5.41) is 8.94. The van der Waals surface area contributed by atoms with E-state index in [1.165, 1.54) is 4.88 Å². The highest BCUT2D eigenvalue weighted by Gasteiger charge is 2.43. The average Bonchev–Trinajstić information content (AvgIpc) is 3.37. The van der Waals surface area contributed by atoms with Crippen LogP contribution in [0.4, 0.5) is 5.69 Å². The van der Waals surface area contributed by atoms with Gasteiger partial charge in [-0.25, -0.2) is 0 Å². The number of carbonyl (C=O) groups is 1. The van der Waals surface area contributed by atoms with Crippen LogP contribution < -0.4 is 5.32 Å². The lowest BCUT2D eigenvalue weighted by Crippen LogP contribution is -2.37. The normalized spacial score (nSPS) is 16.0. The molecule has 2 heterocycles. The summed E-state index contributed by atoms with van der Waals surface area (Å²) in [5.41, 5.74) is 1.25. The highest BCUT2D eigenvalue weighted by atomic mass is 32.1. The first kappa shape index (κ1) is 16.0. The Balaban J connectivity index is 1.54. The smallest absolute Gasteiger partial charge is 0.257 e. The maximum atomic E-state index is 13.0. The molecule has 0 unspecified atom stereocenters. The molecule has 0 saturated heterocycles. The Bertz CT molecular complexity index is 862. The number of anilines is 1. The van der Waals surface area contributed by atoms with Gasteiger partial charge in [0.25, 0.3) is 5.89 Å². The largest absolute Gasteiger partial charge is 0.334 e. The quantitative estimate of drug-likeness (QED) is 0.747. The van der Waals surface area contributed by atoms with Gasteiger partial charge in [0.15, 0.2) is 5.82 Å². The molecule has 1 aromatic carbocycles. The lowest BCUT2D eigenvalue weighted by Gasteiger charge is -2.26. The molecule has 128 valence electrons. The number of aromatic nitrogens is 2. The molecule has 0 radical (unpaired) electrons. The van der Waals surface area contributed by atoms with Gasteiger partial charge < -0.3 is 9.84 Å². The Morgan fingerprint density at radius 2 is 1.96 bits per heavy atom. The molecule has 5 nitrogen and oxygen atoms in total. The van der Waals surface area contributed by atoms with Gasteiger partial charge in [-0.2, -0.15) is 4.98 Å². The Morgan fingerprint density at radius 3 is 2.56 bits per heavy atom. The van der Waals surface area contributed by atoms with E-state index >= 15 is 0 Å². The van der Waals surface area contributed by atoms with Crippen LogP contribution in [0, 0.1) is 6.92 Å². The first-order valence-corrected chi connectivity index (χ1v) is 9.31. The zero-order valence-electron chi connectivity index (χ0n) is 14.0. The molecule has 1 N–H and O–H groups in total. The molecular formula is C19H19N3O2S. The summed E-state index contributed by atoms with van der Waals surface area (Å²) in [6.07, 6.45) is 4.03. The average molecular weight is 353 g/mol. The predicted molar refractivity (Wildman–Crippen MR) is 97.6 cm³/mol. The van der Waals surface area contributed by atoms with Crippen LogP contribution in [0.3, 0.4) is 0 Å². The summed E-state index contributed by atoms with van der Waals surface area (Å²) < 4.78 is 5.17. The molecule has 0 spiro atoms. The van der Waals surface area contributed by atoms with Crippen LogP contribution in [-0.2, 0) is 10.2 Å². The molecule has 1 fully saturated rings. The fraction of sp³-hybridized carbons (Fsp3) is 0.316. The predicted octanol–water partition coefficient (Wildman–Crippen LogP) is 4.56. The van der Waals surface area contributed by atoms with Crippen molar-refractivity contribution in [3.8, 4) is 11.5 Å². The van der Waals surface area contributed by atoms with Crippen molar-refractivity contribution in [3.63, 3.8) is 0 Å². The number of nitrogens with zero attached hydrogens (tertiary/aromatic N) is 2. The first-order chi connectivity index (χ1) is 12.2. The molecule has 2 aromatic heterocycles. The van der Waals surface area contributed by atoms with Gasteiger partial charge in [0.2, 0.25) is 5.91 Å². The van der Waals surface area contributed by atoms with Crippen molar-refractivity contribution in [2.45, 2.75) is 38.0 Å². The second-order valence-electron chi connectivity index (χ2n) is 6.44. The van der Waals surface area contributed by atoms with Gasteiger partial charge in [-0.3, -0.25) is 4.79 Å².